The molecule has 2 aromatic heterocycles. The molecular weight excluding hydrogens is 338 g/mol. The van der Waals surface area contributed by atoms with Crippen molar-refractivity contribution in [2.24, 2.45) is 0 Å². The third kappa shape index (κ3) is 3.45. The first kappa shape index (κ1) is 17.7. The molecule has 0 spiro atoms. The zero-order valence-corrected chi connectivity index (χ0v) is 16.5. The van der Waals surface area contributed by atoms with Crippen LogP contribution in [0, 0.1) is 20.8 Å². The Bertz CT molecular complexity index is 756. The zero-order chi connectivity index (χ0) is 17.3. The SMILES string of the molecule is CCC1CCCCN1C(=O)CSc1nc(C)nc2sc(C)c(C)c12. The van der Waals surface area contributed by atoms with E-state index in [-0.39, 0.29) is 5.91 Å². The largest absolute Gasteiger partial charge is 0.339 e. The maximum absolute atomic E-state index is 12.7. The lowest BCUT2D eigenvalue weighted by Gasteiger charge is -2.35. The molecule has 2 aromatic rings. The first-order valence-electron chi connectivity index (χ1n) is 8.67. The first-order valence-corrected chi connectivity index (χ1v) is 10.5. The molecule has 3 rings (SSSR count). The Labute approximate surface area is 152 Å². The van der Waals surface area contributed by atoms with Gasteiger partial charge in [0.2, 0.25) is 5.91 Å². The second kappa shape index (κ2) is 7.40. The topological polar surface area (TPSA) is 46.1 Å². The van der Waals surface area contributed by atoms with Crippen molar-refractivity contribution in [3.05, 3.63) is 16.3 Å². The Morgan fingerprint density at radius 2 is 2.08 bits per heavy atom. The van der Waals surface area contributed by atoms with Gasteiger partial charge in [-0.15, -0.1) is 11.3 Å². The first-order chi connectivity index (χ1) is 11.5. The predicted molar refractivity (Wildman–Crippen MR) is 102 cm³/mol. The second-order valence-corrected chi connectivity index (χ2v) is 8.64. The summed E-state index contributed by atoms with van der Waals surface area (Å²) < 4.78 is 0. The molecule has 1 unspecified atom stereocenters. The molecule has 6 heteroatoms. The predicted octanol–water partition coefficient (Wildman–Crippen LogP) is 4.50. The third-order valence-electron chi connectivity index (χ3n) is 4.86. The maximum Gasteiger partial charge on any atom is 0.233 e. The summed E-state index contributed by atoms with van der Waals surface area (Å²) in [4.78, 5) is 26.3. The summed E-state index contributed by atoms with van der Waals surface area (Å²) in [5.41, 5.74) is 1.24. The number of hydrogen-bond acceptors (Lipinski definition) is 5. The highest BCUT2D eigenvalue weighted by Crippen LogP contribution is 2.35. The molecule has 1 aliphatic rings. The molecule has 1 aliphatic heterocycles. The summed E-state index contributed by atoms with van der Waals surface area (Å²) in [6.45, 7) is 9.26. The number of likely N-dealkylation sites (tertiary alicyclic amines) is 1. The van der Waals surface area contributed by atoms with E-state index in [0.717, 1.165) is 46.9 Å². The van der Waals surface area contributed by atoms with Gasteiger partial charge in [0, 0.05) is 22.8 Å². The number of carbonyl (C=O) groups is 1. The van der Waals surface area contributed by atoms with Gasteiger partial charge >= 0.3 is 0 Å². The van der Waals surface area contributed by atoms with E-state index in [1.807, 2.05) is 6.92 Å². The van der Waals surface area contributed by atoms with Gasteiger partial charge in [-0.05, 0) is 52.0 Å². The molecule has 1 saturated heterocycles. The molecule has 130 valence electrons. The highest BCUT2D eigenvalue weighted by Gasteiger charge is 2.25. The number of nitrogens with zero attached hydrogens (tertiary/aromatic N) is 3. The number of piperidine rings is 1. The molecule has 1 amide bonds. The van der Waals surface area contributed by atoms with E-state index in [1.165, 1.54) is 16.9 Å². The standard InChI is InChI=1S/C18H25N3OS2/c1-5-14-8-6-7-9-21(14)15(22)10-23-17-16-11(2)12(3)24-18(16)20-13(4)19-17/h14H,5-10H2,1-4H3. The molecule has 1 atom stereocenters. The molecule has 1 fully saturated rings. The van der Waals surface area contributed by atoms with Crippen molar-refractivity contribution in [2.75, 3.05) is 12.3 Å². The normalized spacial score (nSPS) is 18.3. The summed E-state index contributed by atoms with van der Waals surface area (Å²) in [5.74, 6) is 1.50. The lowest BCUT2D eigenvalue weighted by atomic mass is 10.0. The van der Waals surface area contributed by atoms with Crippen molar-refractivity contribution in [1.82, 2.24) is 14.9 Å². The van der Waals surface area contributed by atoms with Crippen LogP contribution < -0.4 is 0 Å². The van der Waals surface area contributed by atoms with Crippen LogP contribution in [0.25, 0.3) is 10.2 Å². The lowest BCUT2D eigenvalue weighted by Crippen LogP contribution is -2.44. The fourth-order valence-corrected chi connectivity index (χ4v) is 5.54. The summed E-state index contributed by atoms with van der Waals surface area (Å²) in [5, 5.41) is 2.09. The minimum absolute atomic E-state index is 0.251. The van der Waals surface area contributed by atoms with E-state index in [4.69, 9.17) is 0 Å². The Morgan fingerprint density at radius 1 is 1.29 bits per heavy atom. The average molecular weight is 364 g/mol. The fraction of sp³-hybridized carbons (Fsp3) is 0.611. The number of amides is 1. The smallest absolute Gasteiger partial charge is 0.233 e. The van der Waals surface area contributed by atoms with Gasteiger partial charge in [-0.25, -0.2) is 9.97 Å². The van der Waals surface area contributed by atoms with Gasteiger partial charge in [0.15, 0.2) is 0 Å². The summed E-state index contributed by atoms with van der Waals surface area (Å²) in [6.07, 6.45) is 4.57. The van der Waals surface area contributed by atoms with Crippen LogP contribution in [0.1, 0.15) is 48.9 Å². The number of thioether (sulfide) groups is 1. The monoisotopic (exact) mass is 363 g/mol. The van der Waals surface area contributed by atoms with Crippen LogP contribution in [-0.4, -0.2) is 39.1 Å². The number of hydrogen-bond donors (Lipinski definition) is 0. The number of thiophene rings is 1. The minimum Gasteiger partial charge on any atom is -0.339 e. The van der Waals surface area contributed by atoms with Crippen molar-refractivity contribution in [1.29, 1.82) is 0 Å². The highest BCUT2D eigenvalue weighted by molar-refractivity contribution is 8.00. The highest BCUT2D eigenvalue weighted by atomic mass is 32.2. The molecule has 0 aromatic carbocycles. The third-order valence-corrected chi connectivity index (χ3v) is 6.92. The van der Waals surface area contributed by atoms with Crippen LogP contribution in [0.3, 0.4) is 0 Å². The molecule has 4 nitrogen and oxygen atoms in total. The molecule has 0 N–H and O–H groups in total. The Hall–Kier alpha value is -1.14. The minimum atomic E-state index is 0.251. The van der Waals surface area contributed by atoms with Crippen LogP contribution in [0.15, 0.2) is 5.03 Å². The average Bonchev–Trinajstić information content (AvgIpc) is 2.86. The van der Waals surface area contributed by atoms with Gasteiger partial charge in [0.1, 0.15) is 15.7 Å². The molecule has 3 heterocycles. The van der Waals surface area contributed by atoms with E-state index < -0.39 is 0 Å². The van der Waals surface area contributed by atoms with Gasteiger partial charge in [-0.1, -0.05) is 18.7 Å². The van der Waals surface area contributed by atoms with Gasteiger partial charge in [-0.3, -0.25) is 4.79 Å². The molecular formula is C18H25N3OS2. The van der Waals surface area contributed by atoms with E-state index in [1.54, 1.807) is 23.1 Å². The molecule has 24 heavy (non-hydrogen) atoms. The Kier molecular flexibility index (Phi) is 5.45. The van der Waals surface area contributed by atoms with E-state index in [0.29, 0.717) is 11.8 Å². The van der Waals surface area contributed by atoms with E-state index in [2.05, 4.69) is 35.6 Å². The molecule has 0 aliphatic carbocycles. The van der Waals surface area contributed by atoms with Gasteiger partial charge in [0.25, 0.3) is 0 Å². The van der Waals surface area contributed by atoms with Crippen molar-refractivity contribution in [3.63, 3.8) is 0 Å². The Balaban J connectivity index is 1.79. The molecule has 0 radical (unpaired) electrons. The van der Waals surface area contributed by atoms with Crippen molar-refractivity contribution in [3.8, 4) is 0 Å². The lowest BCUT2D eigenvalue weighted by molar-refractivity contribution is -0.132. The van der Waals surface area contributed by atoms with Crippen molar-refractivity contribution < 1.29 is 4.79 Å². The zero-order valence-electron chi connectivity index (χ0n) is 14.9. The maximum atomic E-state index is 12.7. The van der Waals surface area contributed by atoms with Crippen molar-refractivity contribution in [2.45, 2.75) is 64.4 Å². The van der Waals surface area contributed by atoms with E-state index in [9.17, 15) is 4.79 Å². The van der Waals surface area contributed by atoms with Crippen LogP contribution in [0.2, 0.25) is 0 Å². The van der Waals surface area contributed by atoms with E-state index >= 15 is 0 Å². The number of aryl methyl sites for hydroxylation is 3. The molecule has 0 bridgehead atoms. The van der Waals surface area contributed by atoms with Gasteiger partial charge in [0.05, 0.1) is 5.75 Å². The summed E-state index contributed by atoms with van der Waals surface area (Å²) in [7, 11) is 0. The van der Waals surface area contributed by atoms with Crippen molar-refractivity contribution >= 4 is 39.2 Å². The van der Waals surface area contributed by atoms with Gasteiger partial charge in [-0.2, -0.15) is 0 Å². The number of carbonyl (C=O) groups excluding carboxylic acids is 1. The fourth-order valence-electron chi connectivity index (χ4n) is 3.39. The molecule has 0 saturated carbocycles. The van der Waals surface area contributed by atoms with Crippen LogP contribution in [0.5, 0.6) is 0 Å². The van der Waals surface area contributed by atoms with Crippen LogP contribution in [-0.2, 0) is 4.79 Å². The number of rotatable bonds is 4. The number of aromatic nitrogens is 2. The summed E-state index contributed by atoms with van der Waals surface area (Å²) in [6, 6.07) is 0.420. The summed E-state index contributed by atoms with van der Waals surface area (Å²) >= 11 is 3.28. The number of fused-ring (bicyclic) bond motifs is 1. The second-order valence-electron chi connectivity index (χ2n) is 6.47. The van der Waals surface area contributed by atoms with Crippen LogP contribution >= 0.6 is 23.1 Å². The van der Waals surface area contributed by atoms with Gasteiger partial charge < -0.3 is 4.90 Å². The van der Waals surface area contributed by atoms with Crippen LogP contribution in [0.4, 0.5) is 0 Å². The quantitative estimate of drug-likeness (QED) is 0.593. The Morgan fingerprint density at radius 3 is 2.83 bits per heavy atom.